The minimum absolute atomic E-state index is 0.191. The Labute approximate surface area is 165 Å². The van der Waals surface area contributed by atoms with E-state index in [1.807, 2.05) is 18.2 Å². The molecule has 1 atom stereocenters. The molecule has 28 heavy (non-hydrogen) atoms. The molecule has 0 radical (unpaired) electrons. The second-order valence-corrected chi connectivity index (χ2v) is 7.19. The van der Waals surface area contributed by atoms with E-state index in [1.54, 1.807) is 4.90 Å². The van der Waals surface area contributed by atoms with Crippen molar-refractivity contribution in [1.82, 2.24) is 4.90 Å². The first-order valence-corrected chi connectivity index (χ1v) is 9.68. The van der Waals surface area contributed by atoms with Gasteiger partial charge in [-0.25, -0.2) is 9.18 Å². The predicted molar refractivity (Wildman–Crippen MR) is 107 cm³/mol. The van der Waals surface area contributed by atoms with Gasteiger partial charge in [0.1, 0.15) is 11.6 Å². The molecule has 3 rings (SSSR count). The molecule has 2 aromatic carbocycles. The first kappa shape index (κ1) is 20.1. The molecule has 1 saturated heterocycles. The van der Waals surface area contributed by atoms with Gasteiger partial charge in [-0.2, -0.15) is 0 Å². The average molecular weight is 386 g/mol. The van der Waals surface area contributed by atoms with Crippen molar-refractivity contribution in [2.45, 2.75) is 31.8 Å². The van der Waals surface area contributed by atoms with Gasteiger partial charge in [-0.3, -0.25) is 0 Å². The molecule has 0 spiro atoms. The number of ether oxygens (including phenoxy) is 1. The molecule has 0 aromatic heterocycles. The molecule has 2 aromatic rings. The quantitative estimate of drug-likeness (QED) is 0.787. The highest BCUT2D eigenvalue weighted by Crippen LogP contribution is 2.27. The van der Waals surface area contributed by atoms with E-state index >= 15 is 0 Å². The summed E-state index contributed by atoms with van der Waals surface area (Å²) in [5.74, 6) is 0.175. The highest BCUT2D eigenvalue weighted by Gasteiger charge is 2.27. The molecule has 6 heteroatoms. The second-order valence-electron chi connectivity index (χ2n) is 7.19. The topological polar surface area (TPSA) is 61.8 Å². The summed E-state index contributed by atoms with van der Waals surface area (Å²) in [6.07, 6.45) is 2.71. The van der Waals surface area contributed by atoms with Crippen LogP contribution in [0, 0.1) is 11.7 Å². The molecular formula is C22H27FN2O3. The van der Waals surface area contributed by atoms with Crippen LogP contribution in [0.1, 0.15) is 24.8 Å². The maximum Gasteiger partial charge on any atom is 0.321 e. The number of carbonyl (C=O) groups is 1. The first-order chi connectivity index (χ1) is 13.6. The Bertz CT molecular complexity index is 777. The van der Waals surface area contributed by atoms with Crippen LogP contribution in [0.3, 0.4) is 0 Å². The van der Waals surface area contributed by atoms with Crippen molar-refractivity contribution < 1.29 is 19.0 Å². The van der Waals surface area contributed by atoms with Gasteiger partial charge in [-0.05, 0) is 49.3 Å². The lowest BCUT2D eigenvalue weighted by Gasteiger charge is -2.34. The number of carbonyl (C=O) groups excluding carboxylic acids is 1. The number of benzene rings is 2. The third kappa shape index (κ3) is 5.23. The fourth-order valence-electron chi connectivity index (χ4n) is 3.65. The molecule has 1 heterocycles. The summed E-state index contributed by atoms with van der Waals surface area (Å²) in [7, 11) is 1.48. The number of urea groups is 1. The Kier molecular flexibility index (Phi) is 6.87. The number of hydrogen-bond donors (Lipinski definition) is 2. The number of methoxy groups -OCH3 is 1. The number of nitrogens with one attached hydrogen (secondary N) is 1. The summed E-state index contributed by atoms with van der Waals surface area (Å²) in [6.45, 7) is 1.13. The zero-order valence-electron chi connectivity index (χ0n) is 16.1. The van der Waals surface area contributed by atoms with Crippen molar-refractivity contribution in [3.63, 3.8) is 0 Å². The van der Waals surface area contributed by atoms with Gasteiger partial charge < -0.3 is 20.1 Å². The molecule has 5 nitrogen and oxygen atoms in total. The number of anilines is 1. The molecule has 1 aliphatic heterocycles. The van der Waals surface area contributed by atoms with Crippen LogP contribution >= 0.6 is 0 Å². The van der Waals surface area contributed by atoms with E-state index in [-0.39, 0.29) is 18.1 Å². The SMILES string of the molecule is COc1ccc(F)cc1NC(=O)N1CCC(C(O)CCc2ccccc2)CC1. The number of aryl methyl sites for hydroxylation is 1. The molecule has 0 aliphatic carbocycles. The number of likely N-dealkylation sites (tertiary alicyclic amines) is 1. The summed E-state index contributed by atoms with van der Waals surface area (Å²) in [5, 5.41) is 13.2. The van der Waals surface area contributed by atoms with Crippen molar-refractivity contribution in [2.24, 2.45) is 5.92 Å². The maximum atomic E-state index is 13.5. The number of piperidine rings is 1. The Morgan fingerprint density at radius 3 is 2.64 bits per heavy atom. The summed E-state index contributed by atoms with van der Waals surface area (Å²) in [4.78, 5) is 14.2. The van der Waals surface area contributed by atoms with Crippen LogP contribution in [0.2, 0.25) is 0 Å². The Morgan fingerprint density at radius 2 is 1.96 bits per heavy atom. The second kappa shape index (κ2) is 9.55. The molecule has 2 amide bonds. The van der Waals surface area contributed by atoms with E-state index in [4.69, 9.17) is 4.74 Å². The van der Waals surface area contributed by atoms with E-state index in [1.165, 1.54) is 30.9 Å². The standard InChI is InChI=1S/C22H27FN2O3/c1-28-21-10-8-18(23)15-19(21)24-22(27)25-13-11-17(12-14-25)20(26)9-7-16-5-3-2-4-6-16/h2-6,8,10,15,17,20,26H,7,9,11-14H2,1H3,(H,24,27). The van der Waals surface area contributed by atoms with Gasteiger partial charge >= 0.3 is 6.03 Å². The van der Waals surface area contributed by atoms with Crippen molar-refractivity contribution in [3.8, 4) is 5.75 Å². The number of aliphatic hydroxyl groups is 1. The fraction of sp³-hybridized carbons (Fsp3) is 0.409. The molecule has 0 bridgehead atoms. The largest absolute Gasteiger partial charge is 0.495 e. The van der Waals surface area contributed by atoms with Gasteiger partial charge in [0.25, 0.3) is 0 Å². The number of halogens is 1. The summed E-state index contributed by atoms with van der Waals surface area (Å²) >= 11 is 0. The highest BCUT2D eigenvalue weighted by molar-refractivity contribution is 5.91. The van der Waals surface area contributed by atoms with Crippen LogP contribution in [0.15, 0.2) is 48.5 Å². The van der Waals surface area contributed by atoms with Gasteiger partial charge in [0, 0.05) is 19.2 Å². The lowest BCUT2D eigenvalue weighted by Crippen LogP contribution is -2.43. The monoisotopic (exact) mass is 386 g/mol. The number of rotatable bonds is 6. The van der Waals surface area contributed by atoms with Gasteiger partial charge in [0.2, 0.25) is 0 Å². The van der Waals surface area contributed by atoms with Gasteiger partial charge in [-0.1, -0.05) is 30.3 Å². The molecule has 1 fully saturated rings. The molecule has 1 unspecified atom stereocenters. The van der Waals surface area contributed by atoms with E-state index in [0.717, 1.165) is 25.7 Å². The molecular weight excluding hydrogens is 359 g/mol. The number of aliphatic hydroxyl groups excluding tert-OH is 1. The van der Waals surface area contributed by atoms with Crippen LogP contribution in [-0.4, -0.2) is 42.3 Å². The van der Waals surface area contributed by atoms with Gasteiger partial charge in [-0.15, -0.1) is 0 Å². The smallest absolute Gasteiger partial charge is 0.321 e. The minimum Gasteiger partial charge on any atom is -0.495 e. The summed E-state index contributed by atoms with van der Waals surface area (Å²) < 4.78 is 18.6. The first-order valence-electron chi connectivity index (χ1n) is 9.68. The average Bonchev–Trinajstić information content (AvgIpc) is 2.73. The van der Waals surface area contributed by atoms with Crippen molar-refractivity contribution in [2.75, 3.05) is 25.5 Å². The van der Waals surface area contributed by atoms with Gasteiger partial charge in [0.05, 0.1) is 18.9 Å². The van der Waals surface area contributed by atoms with Crippen LogP contribution in [-0.2, 0) is 6.42 Å². The molecule has 150 valence electrons. The summed E-state index contributed by atoms with van der Waals surface area (Å²) in [5.41, 5.74) is 1.54. The van der Waals surface area contributed by atoms with E-state index in [9.17, 15) is 14.3 Å². The zero-order chi connectivity index (χ0) is 19.9. The lowest BCUT2D eigenvalue weighted by atomic mass is 9.88. The summed E-state index contributed by atoms with van der Waals surface area (Å²) in [6, 6.07) is 13.9. The van der Waals surface area contributed by atoms with Crippen molar-refractivity contribution >= 4 is 11.7 Å². The number of amides is 2. The van der Waals surface area contributed by atoms with E-state index < -0.39 is 5.82 Å². The Balaban J connectivity index is 1.48. The lowest BCUT2D eigenvalue weighted by molar-refractivity contribution is 0.0626. The van der Waals surface area contributed by atoms with Gasteiger partial charge in [0.15, 0.2) is 0 Å². The molecule has 2 N–H and O–H groups in total. The third-order valence-corrected chi connectivity index (χ3v) is 5.35. The molecule has 0 saturated carbocycles. The number of nitrogens with zero attached hydrogens (tertiary/aromatic N) is 1. The Hall–Kier alpha value is -2.60. The maximum absolute atomic E-state index is 13.5. The van der Waals surface area contributed by atoms with Crippen molar-refractivity contribution in [1.29, 1.82) is 0 Å². The van der Waals surface area contributed by atoms with Crippen LogP contribution in [0.5, 0.6) is 5.75 Å². The third-order valence-electron chi connectivity index (χ3n) is 5.35. The molecule has 1 aliphatic rings. The zero-order valence-corrected chi connectivity index (χ0v) is 16.1. The Morgan fingerprint density at radius 1 is 1.25 bits per heavy atom. The van der Waals surface area contributed by atoms with Crippen LogP contribution < -0.4 is 10.1 Å². The van der Waals surface area contributed by atoms with Crippen LogP contribution in [0.25, 0.3) is 0 Å². The number of hydrogen-bond acceptors (Lipinski definition) is 3. The highest BCUT2D eigenvalue weighted by atomic mass is 19.1. The predicted octanol–water partition coefficient (Wildman–Crippen LogP) is 4.07. The normalized spacial score (nSPS) is 15.9. The minimum atomic E-state index is -0.434. The van der Waals surface area contributed by atoms with E-state index in [2.05, 4.69) is 17.4 Å². The van der Waals surface area contributed by atoms with Crippen molar-refractivity contribution in [3.05, 3.63) is 59.9 Å². The fourth-order valence-corrected chi connectivity index (χ4v) is 3.65. The van der Waals surface area contributed by atoms with E-state index in [0.29, 0.717) is 24.5 Å². The van der Waals surface area contributed by atoms with Crippen LogP contribution in [0.4, 0.5) is 14.9 Å².